The first-order chi connectivity index (χ1) is 34.5. The Morgan fingerprint density at radius 3 is 1.03 bits per heavy atom. The highest BCUT2D eigenvalue weighted by atomic mass is 16.6. The lowest BCUT2D eigenvalue weighted by atomic mass is 10.0. The van der Waals surface area contributed by atoms with Gasteiger partial charge in [-0.2, -0.15) is 0 Å². The van der Waals surface area contributed by atoms with Crippen molar-refractivity contribution in [2.45, 2.75) is 290 Å². The smallest absolute Gasteiger partial charge is 0.306 e. The van der Waals surface area contributed by atoms with E-state index in [-0.39, 0.29) is 31.1 Å². The molecule has 0 radical (unpaired) electrons. The van der Waals surface area contributed by atoms with Crippen molar-refractivity contribution < 1.29 is 28.6 Å². The topological polar surface area (TPSA) is 78.9 Å². The van der Waals surface area contributed by atoms with Crippen LogP contribution in [0, 0.1) is 0 Å². The summed E-state index contributed by atoms with van der Waals surface area (Å²) in [5.74, 6) is -0.914. The maximum Gasteiger partial charge on any atom is 0.306 e. The summed E-state index contributed by atoms with van der Waals surface area (Å²) in [6.45, 7) is 6.49. The van der Waals surface area contributed by atoms with Gasteiger partial charge in [0.25, 0.3) is 0 Å². The Morgan fingerprint density at radius 2 is 0.614 bits per heavy atom. The monoisotopic (exact) mass is 975 g/mol. The minimum Gasteiger partial charge on any atom is -0.462 e. The number of ether oxygens (including phenoxy) is 3. The van der Waals surface area contributed by atoms with Crippen LogP contribution < -0.4 is 0 Å². The van der Waals surface area contributed by atoms with Crippen LogP contribution in [0.2, 0.25) is 0 Å². The van der Waals surface area contributed by atoms with Crippen LogP contribution in [0.25, 0.3) is 0 Å². The fourth-order valence-corrected chi connectivity index (χ4v) is 8.29. The van der Waals surface area contributed by atoms with Crippen molar-refractivity contribution in [2.24, 2.45) is 0 Å². The summed E-state index contributed by atoms with van der Waals surface area (Å²) in [6, 6.07) is 0. The van der Waals surface area contributed by atoms with Gasteiger partial charge in [-0.3, -0.25) is 14.4 Å². The van der Waals surface area contributed by atoms with Gasteiger partial charge in [-0.1, -0.05) is 273 Å². The molecule has 0 aliphatic rings. The van der Waals surface area contributed by atoms with Crippen LogP contribution in [0.1, 0.15) is 284 Å². The maximum atomic E-state index is 12.9. The minimum absolute atomic E-state index is 0.0896. The lowest BCUT2D eigenvalue weighted by molar-refractivity contribution is -0.167. The summed E-state index contributed by atoms with van der Waals surface area (Å²) in [5.41, 5.74) is 0. The fraction of sp³-hybridized carbons (Fsp3) is 0.734. The summed E-state index contributed by atoms with van der Waals surface area (Å²) < 4.78 is 16.9. The highest BCUT2D eigenvalue weighted by Gasteiger charge is 2.19. The van der Waals surface area contributed by atoms with Crippen LogP contribution in [0.15, 0.2) is 85.1 Å². The molecule has 0 fully saturated rings. The van der Waals surface area contributed by atoms with Gasteiger partial charge in [0.1, 0.15) is 13.2 Å². The molecular formula is C64H110O6. The second-order valence-corrected chi connectivity index (χ2v) is 19.6. The molecule has 1 unspecified atom stereocenters. The Bertz CT molecular complexity index is 1350. The molecule has 0 N–H and O–H groups in total. The van der Waals surface area contributed by atoms with Crippen LogP contribution in [0.5, 0.6) is 0 Å². The molecule has 0 rings (SSSR count). The van der Waals surface area contributed by atoms with Crippen LogP contribution >= 0.6 is 0 Å². The Morgan fingerprint density at radius 1 is 0.314 bits per heavy atom. The molecule has 0 aliphatic heterocycles. The van der Waals surface area contributed by atoms with Gasteiger partial charge in [-0.25, -0.2) is 0 Å². The average molecular weight is 976 g/mol. The number of esters is 3. The van der Waals surface area contributed by atoms with Gasteiger partial charge < -0.3 is 14.2 Å². The van der Waals surface area contributed by atoms with Gasteiger partial charge in [0.15, 0.2) is 6.10 Å². The van der Waals surface area contributed by atoms with E-state index in [9.17, 15) is 14.4 Å². The molecule has 0 aromatic heterocycles. The fourth-order valence-electron chi connectivity index (χ4n) is 8.29. The van der Waals surface area contributed by atoms with E-state index < -0.39 is 6.10 Å². The summed E-state index contributed by atoms with van der Waals surface area (Å²) >= 11 is 0. The molecule has 0 amide bonds. The molecule has 6 nitrogen and oxygen atoms in total. The van der Waals surface area contributed by atoms with Gasteiger partial charge in [0.05, 0.1) is 0 Å². The van der Waals surface area contributed by atoms with Gasteiger partial charge in [-0.05, 0) is 77.0 Å². The highest BCUT2D eigenvalue weighted by molar-refractivity contribution is 5.71. The second kappa shape index (κ2) is 58.2. The van der Waals surface area contributed by atoms with Crippen molar-refractivity contribution in [1.82, 2.24) is 0 Å². The zero-order valence-electron chi connectivity index (χ0n) is 46.0. The molecule has 0 spiro atoms. The molecule has 0 aliphatic carbocycles. The van der Waals surface area contributed by atoms with Gasteiger partial charge in [-0.15, -0.1) is 0 Å². The number of hydrogen-bond acceptors (Lipinski definition) is 6. The predicted octanol–water partition coefficient (Wildman–Crippen LogP) is 19.9. The molecule has 1 atom stereocenters. The zero-order valence-corrected chi connectivity index (χ0v) is 46.0. The first-order valence-electron chi connectivity index (χ1n) is 29.6. The summed E-state index contributed by atoms with van der Waals surface area (Å²) in [6.07, 6.45) is 75.7. The van der Waals surface area contributed by atoms with E-state index in [1.54, 1.807) is 0 Å². The van der Waals surface area contributed by atoms with Crippen molar-refractivity contribution in [3.8, 4) is 0 Å². The number of carbonyl (C=O) groups is 3. The van der Waals surface area contributed by atoms with Crippen molar-refractivity contribution in [3.63, 3.8) is 0 Å². The molecule has 6 heteroatoms. The third kappa shape index (κ3) is 55.5. The van der Waals surface area contributed by atoms with Crippen LogP contribution in [-0.4, -0.2) is 37.2 Å². The van der Waals surface area contributed by atoms with Crippen molar-refractivity contribution in [3.05, 3.63) is 85.1 Å². The summed E-state index contributed by atoms with van der Waals surface area (Å²) in [7, 11) is 0. The molecule has 0 aromatic rings. The van der Waals surface area contributed by atoms with Crippen molar-refractivity contribution in [2.75, 3.05) is 13.2 Å². The molecule has 0 saturated heterocycles. The first-order valence-corrected chi connectivity index (χ1v) is 29.6. The molecule has 0 heterocycles. The molecule has 0 aromatic carbocycles. The number of hydrogen-bond donors (Lipinski definition) is 0. The minimum atomic E-state index is -0.792. The summed E-state index contributed by atoms with van der Waals surface area (Å²) in [4.78, 5) is 38.2. The first kappa shape index (κ1) is 66.6. The molecule has 70 heavy (non-hydrogen) atoms. The molecular weight excluding hydrogens is 865 g/mol. The number of allylic oxidation sites excluding steroid dienone is 14. The zero-order chi connectivity index (χ0) is 50.7. The number of rotatable bonds is 53. The largest absolute Gasteiger partial charge is 0.462 e. The van der Waals surface area contributed by atoms with E-state index in [1.807, 2.05) is 0 Å². The van der Waals surface area contributed by atoms with Gasteiger partial charge >= 0.3 is 17.9 Å². The van der Waals surface area contributed by atoms with Gasteiger partial charge in [0.2, 0.25) is 0 Å². The molecule has 0 saturated carbocycles. The lowest BCUT2D eigenvalue weighted by Crippen LogP contribution is -2.30. The van der Waals surface area contributed by atoms with E-state index >= 15 is 0 Å². The van der Waals surface area contributed by atoms with E-state index in [2.05, 4.69) is 106 Å². The highest BCUT2D eigenvalue weighted by Crippen LogP contribution is 2.16. The SMILES string of the molecule is CC/C=C\C/C=C\C/C=C\CCCCCCCCC(=O)OCC(COC(=O)CCCCCCC\C=C/C=C\C=C/C=C\CCCCC)OC(=O)CCCCCCCCCCCCCCCCCCCC. The quantitative estimate of drug-likeness (QED) is 0.0199. The Kier molecular flexibility index (Phi) is 55.3. The van der Waals surface area contributed by atoms with E-state index in [0.717, 1.165) is 109 Å². The number of unbranched alkanes of at least 4 members (excludes halogenated alkanes) is 31. The molecule has 402 valence electrons. The van der Waals surface area contributed by atoms with Crippen molar-refractivity contribution in [1.29, 1.82) is 0 Å². The van der Waals surface area contributed by atoms with E-state index in [4.69, 9.17) is 14.2 Å². The standard InChI is InChI=1S/C64H110O6/c1-4-7-10-13-16-19-22-25-28-31-33-36-39-42-45-48-51-54-57-63(66)69-60-61(59-68-62(65)56-53-50-47-44-41-38-35-30-27-24-21-18-15-12-9-6-3)70-64(67)58-55-52-49-46-43-40-37-34-32-29-26-23-20-17-14-11-8-5-2/h9,12,16,18-19,21-22,25,27-28,30-31,33,36,61H,4-8,10-11,13-15,17,20,23-24,26,29,32,34-35,37-60H2,1-3H3/b12-9-,19-16-,21-18-,25-22-,30-27-,31-28-,36-33-. The normalized spacial score (nSPS) is 12.7. The van der Waals surface area contributed by atoms with Gasteiger partial charge in [0, 0.05) is 19.3 Å². The maximum absolute atomic E-state index is 12.9. The van der Waals surface area contributed by atoms with E-state index in [0.29, 0.717) is 19.3 Å². The molecule has 0 bridgehead atoms. The Labute approximate surface area is 433 Å². The van der Waals surface area contributed by atoms with Crippen LogP contribution in [-0.2, 0) is 28.6 Å². The third-order valence-corrected chi connectivity index (χ3v) is 12.7. The predicted molar refractivity (Wildman–Crippen MR) is 302 cm³/mol. The van der Waals surface area contributed by atoms with E-state index in [1.165, 1.54) is 135 Å². The summed E-state index contributed by atoms with van der Waals surface area (Å²) in [5, 5.41) is 0. The van der Waals surface area contributed by atoms with Crippen molar-refractivity contribution >= 4 is 17.9 Å². The van der Waals surface area contributed by atoms with Crippen LogP contribution in [0.3, 0.4) is 0 Å². The third-order valence-electron chi connectivity index (χ3n) is 12.7. The average Bonchev–Trinajstić information content (AvgIpc) is 3.36. The second-order valence-electron chi connectivity index (χ2n) is 19.6. The Hall–Kier alpha value is -3.41. The lowest BCUT2D eigenvalue weighted by Gasteiger charge is -2.18. The Balaban J connectivity index is 4.44. The van der Waals surface area contributed by atoms with Crippen LogP contribution in [0.4, 0.5) is 0 Å². The number of carbonyl (C=O) groups excluding carboxylic acids is 3.